The van der Waals surface area contributed by atoms with Gasteiger partial charge in [0.2, 0.25) is 0 Å². The third-order valence-electron chi connectivity index (χ3n) is 5.43. The first kappa shape index (κ1) is 23.2. The molecule has 0 spiro atoms. The van der Waals surface area contributed by atoms with Crippen LogP contribution in [0.15, 0.2) is 41.6 Å². The van der Waals surface area contributed by atoms with Gasteiger partial charge in [-0.2, -0.15) is 13.2 Å². The van der Waals surface area contributed by atoms with Gasteiger partial charge in [0.15, 0.2) is 0 Å². The van der Waals surface area contributed by atoms with Crippen LogP contribution in [0.25, 0.3) is 0 Å². The van der Waals surface area contributed by atoms with Crippen LogP contribution in [0, 0.1) is 6.92 Å². The summed E-state index contributed by atoms with van der Waals surface area (Å²) in [7, 11) is 0. The first-order chi connectivity index (χ1) is 15.0. The van der Waals surface area contributed by atoms with E-state index in [1.807, 2.05) is 0 Å². The Balaban J connectivity index is 1.58. The van der Waals surface area contributed by atoms with Crippen LogP contribution < -0.4 is 5.32 Å². The van der Waals surface area contributed by atoms with Crippen LogP contribution in [-0.2, 0) is 21.6 Å². The lowest BCUT2D eigenvalue weighted by molar-refractivity contribution is -0.275. The standard InChI is InChI=1S/C21H17Cl2F3N2O3S/c1-11-4-12(2-3-17(11)19(29)27-16-9-32(30)10-16)18-8-20(31-28-18,21(24,25)26)13-5-14(22)7-15(23)6-13/h2-7,16H,8-10H2,1H3,(H,27,29)/t16-,20?,32-. The van der Waals surface area contributed by atoms with E-state index in [2.05, 4.69) is 10.5 Å². The molecule has 1 amide bonds. The van der Waals surface area contributed by atoms with Gasteiger partial charge >= 0.3 is 6.18 Å². The monoisotopic (exact) mass is 504 g/mol. The molecule has 4 rings (SSSR count). The maximum absolute atomic E-state index is 14.1. The van der Waals surface area contributed by atoms with E-state index in [-0.39, 0.29) is 33.3 Å². The van der Waals surface area contributed by atoms with Gasteiger partial charge in [-0.05, 0) is 59.6 Å². The van der Waals surface area contributed by atoms with Crippen LogP contribution in [0.3, 0.4) is 0 Å². The average molecular weight is 505 g/mol. The van der Waals surface area contributed by atoms with Crippen LogP contribution in [0.5, 0.6) is 0 Å². The zero-order chi connectivity index (χ0) is 23.3. The smallest absolute Gasteiger partial charge is 0.435 e. The molecule has 2 aliphatic rings. The molecule has 2 aromatic carbocycles. The summed E-state index contributed by atoms with van der Waals surface area (Å²) >= 11 is 10.9. The molecule has 0 aromatic heterocycles. The molecule has 2 heterocycles. The van der Waals surface area contributed by atoms with Gasteiger partial charge in [-0.25, -0.2) is 0 Å². The first-order valence-electron chi connectivity index (χ1n) is 9.54. The molecule has 0 bridgehead atoms. The molecule has 1 saturated heterocycles. The number of amides is 1. The van der Waals surface area contributed by atoms with Crippen LogP contribution in [0.1, 0.15) is 33.5 Å². The summed E-state index contributed by atoms with van der Waals surface area (Å²) in [5.41, 5.74) is -1.52. The number of hydrogen-bond acceptors (Lipinski definition) is 4. The molecule has 5 nitrogen and oxygen atoms in total. The van der Waals surface area contributed by atoms with Crippen molar-refractivity contribution in [3.63, 3.8) is 0 Å². The van der Waals surface area contributed by atoms with E-state index in [4.69, 9.17) is 28.0 Å². The summed E-state index contributed by atoms with van der Waals surface area (Å²) in [6.45, 7) is 1.68. The van der Waals surface area contributed by atoms with Crippen molar-refractivity contribution in [1.29, 1.82) is 0 Å². The molecular formula is C21H17Cl2F3N2O3S. The Morgan fingerprint density at radius 2 is 1.88 bits per heavy atom. The molecule has 32 heavy (non-hydrogen) atoms. The van der Waals surface area contributed by atoms with Crippen molar-refractivity contribution >= 4 is 46.0 Å². The lowest BCUT2D eigenvalue weighted by atomic mass is 9.86. The zero-order valence-electron chi connectivity index (χ0n) is 16.6. The lowest BCUT2D eigenvalue weighted by Gasteiger charge is -2.29. The number of rotatable bonds is 4. The molecule has 0 radical (unpaired) electrons. The van der Waals surface area contributed by atoms with E-state index < -0.39 is 29.4 Å². The van der Waals surface area contributed by atoms with E-state index in [0.29, 0.717) is 28.2 Å². The highest BCUT2D eigenvalue weighted by molar-refractivity contribution is 7.92. The highest BCUT2D eigenvalue weighted by atomic mass is 35.5. The Morgan fingerprint density at radius 3 is 2.44 bits per heavy atom. The normalized spacial score (nSPS) is 25.0. The van der Waals surface area contributed by atoms with Gasteiger partial charge in [0, 0.05) is 27.6 Å². The highest BCUT2D eigenvalue weighted by Crippen LogP contribution is 2.49. The molecule has 0 aliphatic carbocycles. The number of carbonyl (C=O) groups excluding carboxylic acids is 1. The van der Waals surface area contributed by atoms with Crippen LogP contribution in [-0.4, -0.2) is 39.9 Å². The highest BCUT2D eigenvalue weighted by Gasteiger charge is 2.62. The molecule has 2 aliphatic heterocycles. The van der Waals surface area contributed by atoms with E-state index in [1.165, 1.54) is 18.2 Å². The Hall–Kier alpha value is -1.94. The van der Waals surface area contributed by atoms with Crippen molar-refractivity contribution in [2.24, 2.45) is 5.16 Å². The van der Waals surface area contributed by atoms with Crippen LogP contribution >= 0.6 is 23.2 Å². The first-order valence-corrected chi connectivity index (χ1v) is 11.8. The Morgan fingerprint density at radius 1 is 1.22 bits per heavy atom. The SMILES string of the molecule is Cc1cc(C2=NOC(c3cc(Cl)cc(Cl)c3)(C(F)(F)F)C2)ccc1C(=O)N[C@H]1C[S@+]([O-])C1. The summed E-state index contributed by atoms with van der Waals surface area (Å²) in [6, 6.07) is 8.17. The topological polar surface area (TPSA) is 73.8 Å². The molecule has 170 valence electrons. The predicted octanol–water partition coefficient (Wildman–Crippen LogP) is 4.74. The number of oxime groups is 1. The van der Waals surface area contributed by atoms with Crippen molar-refractivity contribution in [2.75, 3.05) is 11.5 Å². The molecule has 1 unspecified atom stereocenters. The predicted molar refractivity (Wildman–Crippen MR) is 117 cm³/mol. The van der Waals surface area contributed by atoms with E-state index in [9.17, 15) is 22.5 Å². The fraction of sp³-hybridized carbons (Fsp3) is 0.333. The minimum absolute atomic E-state index is 0.0506. The van der Waals surface area contributed by atoms with Crippen molar-refractivity contribution in [1.82, 2.24) is 5.32 Å². The van der Waals surface area contributed by atoms with E-state index in [1.54, 1.807) is 13.0 Å². The minimum atomic E-state index is -4.79. The lowest BCUT2D eigenvalue weighted by Crippen LogP contribution is -2.53. The molecule has 0 saturated carbocycles. The second-order valence-electron chi connectivity index (χ2n) is 7.76. The third kappa shape index (κ3) is 4.31. The number of nitrogens with one attached hydrogen (secondary N) is 1. The van der Waals surface area contributed by atoms with Crippen molar-refractivity contribution in [3.8, 4) is 0 Å². The van der Waals surface area contributed by atoms with Crippen molar-refractivity contribution in [2.45, 2.75) is 31.2 Å². The minimum Gasteiger partial charge on any atom is -0.616 e. The molecule has 1 fully saturated rings. The van der Waals surface area contributed by atoms with E-state index in [0.717, 1.165) is 12.1 Å². The van der Waals surface area contributed by atoms with Gasteiger partial charge in [0.25, 0.3) is 11.5 Å². The summed E-state index contributed by atoms with van der Waals surface area (Å²) in [6.07, 6.45) is -5.37. The van der Waals surface area contributed by atoms with Crippen LogP contribution in [0.2, 0.25) is 10.0 Å². The quantitative estimate of drug-likeness (QED) is 0.610. The van der Waals surface area contributed by atoms with Crippen molar-refractivity contribution in [3.05, 3.63) is 68.7 Å². The molecule has 1 atom stereocenters. The van der Waals surface area contributed by atoms with Crippen LogP contribution in [0.4, 0.5) is 13.2 Å². The molecule has 2 aromatic rings. The number of nitrogens with zero attached hydrogens (tertiary/aromatic N) is 1. The number of alkyl halides is 3. The fourth-order valence-corrected chi connectivity index (χ4v) is 5.18. The Labute approximate surface area is 195 Å². The fourth-order valence-electron chi connectivity index (χ4n) is 3.69. The summed E-state index contributed by atoms with van der Waals surface area (Å²) in [5.74, 6) is 0.521. The largest absolute Gasteiger partial charge is 0.616 e. The number of hydrogen-bond donors (Lipinski definition) is 1. The van der Waals surface area contributed by atoms with Gasteiger partial charge in [-0.1, -0.05) is 34.4 Å². The maximum Gasteiger partial charge on any atom is 0.435 e. The second-order valence-corrected chi connectivity index (χ2v) is 10.2. The third-order valence-corrected chi connectivity index (χ3v) is 7.41. The number of aryl methyl sites for hydroxylation is 1. The van der Waals surface area contributed by atoms with Gasteiger partial charge in [0.05, 0.1) is 5.71 Å². The number of benzene rings is 2. The van der Waals surface area contributed by atoms with Crippen molar-refractivity contribution < 1.29 is 27.4 Å². The number of halogens is 5. The summed E-state index contributed by atoms with van der Waals surface area (Å²) in [4.78, 5) is 17.5. The Kier molecular flexibility index (Phi) is 6.13. The Bertz CT molecular complexity index is 1090. The van der Waals surface area contributed by atoms with E-state index >= 15 is 0 Å². The second kappa shape index (κ2) is 8.44. The summed E-state index contributed by atoms with van der Waals surface area (Å²) in [5, 5.41) is 6.63. The molecule has 11 heteroatoms. The maximum atomic E-state index is 14.1. The summed E-state index contributed by atoms with van der Waals surface area (Å²) < 4.78 is 53.6. The van der Waals surface area contributed by atoms with Gasteiger partial charge in [0.1, 0.15) is 17.5 Å². The molecular weight excluding hydrogens is 488 g/mol. The van der Waals surface area contributed by atoms with Gasteiger partial charge < -0.3 is 14.7 Å². The number of carbonyl (C=O) groups is 1. The molecule has 1 N–H and O–H groups in total. The average Bonchev–Trinajstić information content (AvgIpc) is 3.12. The zero-order valence-corrected chi connectivity index (χ0v) is 19.0. The van der Waals surface area contributed by atoms with Gasteiger partial charge in [-0.3, -0.25) is 4.79 Å². The van der Waals surface area contributed by atoms with Gasteiger partial charge in [-0.15, -0.1) is 0 Å².